The predicted octanol–water partition coefficient (Wildman–Crippen LogP) is 2.47. The van der Waals surface area contributed by atoms with Crippen LogP contribution in [0.4, 0.5) is 4.39 Å². The van der Waals surface area contributed by atoms with Gasteiger partial charge in [-0.05, 0) is 24.3 Å². The van der Waals surface area contributed by atoms with Gasteiger partial charge in [-0.3, -0.25) is 4.79 Å². The molecule has 0 aliphatic heterocycles. The van der Waals surface area contributed by atoms with Crippen LogP contribution in [0.1, 0.15) is 10.4 Å². The van der Waals surface area contributed by atoms with Crippen molar-refractivity contribution < 1.29 is 13.8 Å². The molecule has 2 nitrogen and oxygen atoms in total. The molecule has 0 bridgehead atoms. The third-order valence-corrected chi connectivity index (χ3v) is 2.27. The Hall–Kier alpha value is -2.29. The zero-order chi connectivity index (χ0) is 12.1. The third-order valence-electron chi connectivity index (χ3n) is 2.27. The molecule has 0 aliphatic carbocycles. The van der Waals surface area contributed by atoms with Gasteiger partial charge in [-0.25, -0.2) is 4.39 Å². The second kappa shape index (κ2) is 5.16. The average Bonchev–Trinajstić information content (AvgIpc) is 2.38. The Morgan fingerprint density at radius 2 is 1.71 bits per heavy atom. The maximum Gasteiger partial charge on any atom is 0.191 e. The fourth-order valence-electron chi connectivity index (χ4n) is 1.38. The predicted molar refractivity (Wildman–Crippen MR) is 62.7 cm³/mol. The molecule has 0 amide bonds. The van der Waals surface area contributed by atoms with E-state index in [4.69, 9.17) is 0 Å². The van der Waals surface area contributed by atoms with E-state index in [0.717, 1.165) is 0 Å². The molecular formula is C14H11FNO+. The monoisotopic (exact) mass is 228 g/mol. The molecule has 0 N–H and O–H groups in total. The smallest absolute Gasteiger partial charge is 0.191 e. The van der Waals surface area contributed by atoms with Gasteiger partial charge in [0.25, 0.3) is 0 Å². The van der Waals surface area contributed by atoms with Crippen LogP contribution in [0.15, 0.2) is 60.9 Å². The highest BCUT2D eigenvalue weighted by molar-refractivity contribution is 6.05. The summed E-state index contributed by atoms with van der Waals surface area (Å²) < 4.78 is 14.4. The summed E-state index contributed by atoms with van der Waals surface area (Å²) in [6.07, 6.45) is 6.77. The quantitative estimate of drug-likeness (QED) is 0.449. The van der Waals surface area contributed by atoms with Gasteiger partial charge in [-0.1, -0.05) is 6.07 Å². The maximum atomic E-state index is 12.7. The van der Waals surface area contributed by atoms with Crippen molar-refractivity contribution in [1.82, 2.24) is 0 Å². The molecule has 2 rings (SSSR count). The number of allylic oxidation sites excluding steroid dienone is 1. The van der Waals surface area contributed by atoms with Gasteiger partial charge in [0, 0.05) is 17.7 Å². The number of hydrogen-bond acceptors (Lipinski definition) is 1. The number of carbonyl (C=O) groups is 1. The van der Waals surface area contributed by atoms with Gasteiger partial charge in [0.2, 0.25) is 0 Å². The SMILES string of the molecule is O=C(/C=C/[n+]1ccccc1)c1ccc(F)cc1. The van der Waals surface area contributed by atoms with E-state index in [1.165, 1.54) is 30.3 Å². The Balaban J connectivity index is 2.12. The largest absolute Gasteiger partial charge is 0.289 e. The van der Waals surface area contributed by atoms with Crippen LogP contribution in [-0.2, 0) is 0 Å². The van der Waals surface area contributed by atoms with E-state index >= 15 is 0 Å². The molecule has 0 spiro atoms. The first-order chi connectivity index (χ1) is 8.25. The number of rotatable bonds is 3. The highest BCUT2D eigenvalue weighted by atomic mass is 19.1. The summed E-state index contributed by atoms with van der Waals surface area (Å²) in [4.78, 5) is 11.7. The lowest BCUT2D eigenvalue weighted by Crippen LogP contribution is -2.23. The molecule has 1 aromatic heterocycles. The molecule has 17 heavy (non-hydrogen) atoms. The number of hydrogen-bond donors (Lipinski definition) is 0. The number of benzene rings is 1. The summed E-state index contributed by atoms with van der Waals surface area (Å²) in [5.41, 5.74) is 0.471. The minimum absolute atomic E-state index is 0.152. The van der Waals surface area contributed by atoms with Crippen LogP contribution in [0.2, 0.25) is 0 Å². The van der Waals surface area contributed by atoms with Gasteiger partial charge in [-0.2, -0.15) is 4.57 Å². The first-order valence-electron chi connectivity index (χ1n) is 5.19. The zero-order valence-corrected chi connectivity index (χ0v) is 9.08. The van der Waals surface area contributed by atoms with Crippen molar-refractivity contribution in [2.75, 3.05) is 0 Å². The van der Waals surface area contributed by atoms with Gasteiger partial charge < -0.3 is 0 Å². The van der Waals surface area contributed by atoms with Gasteiger partial charge in [0.05, 0.1) is 6.08 Å². The molecule has 2 aromatic rings. The molecule has 0 saturated heterocycles. The van der Waals surface area contributed by atoms with E-state index in [-0.39, 0.29) is 11.6 Å². The molecule has 0 fully saturated rings. The molecule has 1 heterocycles. The molecule has 1 aromatic carbocycles. The van der Waals surface area contributed by atoms with Crippen molar-refractivity contribution in [2.24, 2.45) is 0 Å². The van der Waals surface area contributed by atoms with Crippen molar-refractivity contribution in [3.05, 3.63) is 72.3 Å². The van der Waals surface area contributed by atoms with E-state index in [0.29, 0.717) is 5.56 Å². The molecule has 0 radical (unpaired) electrons. The number of nitrogens with zero attached hydrogens (tertiary/aromatic N) is 1. The van der Waals surface area contributed by atoms with E-state index in [1.807, 2.05) is 30.6 Å². The standard InChI is InChI=1S/C14H11FNO/c15-13-6-4-12(5-7-13)14(17)8-11-16-9-2-1-3-10-16/h1-11H/q+1/b11-8+. The van der Waals surface area contributed by atoms with Crippen LogP contribution < -0.4 is 4.57 Å². The molecule has 0 aliphatic rings. The number of pyridine rings is 1. The van der Waals surface area contributed by atoms with Gasteiger partial charge in [-0.15, -0.1) is 0 Å². The number of carbonyl (C=O) groups excluding carboxylic acids is 1. The Labute approximate surface area is 98.7 Å². The summed E-state index contributed by atoms with van der Waals surface area (Å²) in [6, 6.07) is 11.1. The van der Waals surface area contributed by atoms with Crippen LogP contribution in [-0.4, -0.2) is 5.78 Å². The molecule has 0 atom stereocenters. The number of halogens is 1. The Bertz CT molecular complexity index is 532. The highest BCUT2D eigenvalue weighted by Gasteiger charge is 2.02. The van der Waals surface area contributed by atoms with E-state index < -0.39 is 0 Å². The van der Waals surface area contributed by atoms with E-state index in [1.54, 1.807) is 10.8 Å². The number of aromatic nitrogens is 1. The number of ketones is 1. The molecule has 3 heteroatoms. The first kappa shape index (κ1) is 11.2. The average molecular weight is 228 g/mol. The lowest BCUT2D eigenvalue weighted by atomic mass is 10.1. The summed E-state index contributed by atoms with van der Waals surface area (Å²) in [5.74, 6) is -0.496. The summed E-state index contributed by atoms with van der Waals surface area (Å²) >= 11 is 0. The lowest BCUT2D eigenvalue weighted by Gasteiger charge is -1.93. The van der Waals surface area contributed by atoms with Crippen molar-refractivity contribution in [3.63, 3.8) is 0 Å². The minimum atomic E-state index is -0.344. The Kier molecular flexibility index (Phi) is 3.40. The molecule has 84 valence electrons. The normalized spacial score (nSPS) is 10.6. The second-order valence-corrected chi connectivity index (χ2v) is 3.51. The van der Waals surface area contributed by atoms with Crippen LogP contribution in [0.5, 0.6) is 0 Å². The van der Waals surface area contributed by atoms with Crippen molar-refractivity contribution in [3.8, 4) is 0 Å². The second-order valence-electron chi connectivity index (χ2n) is 3.51. The van der Waals surface area contributed by atoms with Crippen molar-refractivity contribution in [2.45, 2.75) is 0 Å². The zero-order valence-electron chi connectivity index (χ0n) is 9.08. The summed E-state index contributed by atoms with van der Waals surface area (Å²) in [6.45, 7) is 0. The third kappa shape index (κ3) is 3.08. The summed E-state index contributed by atoms with van der Waals surface area (Å²) in [5, 5.41) is 0. The van der Waals surface area contributed by atoms with Crippen LogP contribution in [0.3, 0.4) is 0 Å². The first-order valence-corrected chi connectivity index (χ1v) is 5.19. The van der Waals surface area contributed by atoms with Crippen LogP contribution in [0.25, 0.3) is 6.20 Å². The Morgan fingerprint density at radius 1 is 1.06 bits per heavy atom. The summed E-state index contributed by atoms with van der Waals surface area (Å²) in [7, 11) is 0. The van der Waals surface area contributed by atoms with Crippen LogP contribution >= 0.6 is 0 Å². The fraction of sp³-hybridized carbons (Fsp3) is 0. The van der Waals surface area contributed by atoms with Gasteiger partial charge >= 0.3 is 0 Å². The topological polar surface area (TPSA) is 20.9 Å². The van der Waals surface area contributed by atoms with E-state index in [9.17, 15) is 9.18 Å². The van der Waals surface area contributed by atoms with Crippen molar-refractivity contribution >= 4 is 12.0 Å². The molecular weight excluding hydrogens is 217 g/mol. The minimum Gasteiger partial charge on any atom is -0.289 e. The molecule has 0 saturated carbocycles. The maximum absolute atomic E-state index is 12.7. The van der Waals surface area contributed by atoms with Crippen molar-refractivity contribution in [1.29, 1.82) is 0 Å². The van der Waals surface area contributed by atoms with E-state index in [2.05, 4.69) is 0 Å². The molecule has 0 unspecified atom stereocenters. The lowest BCUT2D eigenvalue weighted by molar-refractivity contribution is -0.568. The van der Waals surface area contributed by atoms with Crippen LogP contribution in [0, 0.1) is 5.82 Å². The van der Waals surface area contributed by atoms with Gasteiger partial charge in [0.1, 0.15) is 5.82 Å². The van der Waals surface area contributed by atoms with Gasteiger partial charge in [0.15, 0.2) is 24.4 Å². The highest BCUT2D eigenvalue weighted by Crippen LogP contribution is 2.04. The fourth-order valence-corrected chi connectivity index (χ4v) is 1.38. The Morgan fingerprint density at radius 3 is 2.35 bits per heavy atom.